The molecule has 1 N–H and O–H groups in total. The molecule has 0 aliphatic rings. The lowest BCUT2D eigenvalue weighted by Gasteiger charge is -2.14. The molecule has 160 valence electrons. The number of aromatic nitrogens is 1. The maximum Gasteiger partial charge on any atom is 0.308 e. The third-order valence-corrected chi connectivity index (χ3v) is 7.66. The van der Waals surface area contributed by atoms with E-state index in [9.17, 15) is 13.2 Å². The first kappa shape index (κ1) is 21.6. The number of thiazole rings is 1. The summed E-state index contributed by atoms with van der Waals surface area (Å²) < 4.78 is 31.1. The van der Waals surface area contributed by atoms with Crippen LogP contribution in [0.3, 0.4) is 0 Å². The molecule has 5 nitrogen and oxygen atoms in total. The number of hydrogen-bond donors (Lipinski definition) is 1. The Kier molecular flexibility index (Phi) is 5.68. The van der Waals surface area contributed by atoms with Crippen LogP contribution < -0.4 is 9.60 Å². The Labute approximate surface area is 190 Å². The van der Waals surface area contributed by atoms with Crippen molar-refractivity contribution in [2.24, 2.45) is 0 Å². The smallest absolute Gasteiger partial charge is 0.294 e. The average Bonchev–Trinajstić information content (AvgIpc) is 3.01. The molecule has 0 spiro atoms. The van der Waals surface area contributed by atoms with Crippen LogP contribution in [-0.4, -0.2) is 13.0 Å². The van der Waals surface area contributed by atoms with Gasteiger partial charge in [-0.25, -0.2) is 8.42 Å². The number of nitrogens with one attached hydrogen (secondary N) is 1. The molecule has 4 aromatic rings. The van der Waals surface area contributed by atoms with E-state index < -0.39 is 10.0 Å². The number of sulfonamides is 1. The van der Waals surface area contributed by atoms with Gasteiger partial charge in [0, 0.05) is 5.02 Å². The Hall–Kier alpha value is -2.61. The summed E-state index contributed by atoms with van der Waals surface area (Å²) in [5, 5.41) is 0.632. The number of halogens is 1. The van der Waals surface area contributed by atoms with Crippen molar-refractivity contribution in [3.05, 3.63) is 91.5 Å². The van der Waals surface area contributed by atoms with Gasteiger partial charge in [0.2, 0.25) is 0 Å². The number of benzene rings is 3. The molecule has 0 saturated carbocycles. The van der Waals surface area contributed by atoms with Gasteiger partial charge in [0.1, 0.15) is 0 Å². The second-order valence-corrected chi connectivity index (χ2v) is 10.7. The Morgan fingerprint density at radius 2 is 1.61 bits per heavy atom. The van der Waals surface area contributed by atoms with Gasteiger partial charge < -0.3 is 0 Å². The van der Waals surface area contributed by atoms with Gasteiger partial charge in [-0.2, -0.15) is 0 Å². The molecule has 8 heteroatoms. The van der Waals surface area contributed by atoms with Crippen LogP contribution in [0.25, 0.3) is 10.2 Å². The van der Waals surface area contributed by atoms with Gasteiger partial charge in [-0.15, -0.1) is 0 Å². The highest BCUT2D eigenvalue weighted by molar-refractivity contribution is 7.92. The maximum absolute atomic E-state index is 13.0. The second kappa shape index (κ2) is 8.15. The van der Waals surface area contributed by atoms with Crippen LogP contribution in [0.1, 0.15) is 22.3 Å². The predicted molar refractivity (Wildman–Crippen MR) is 128 cm³/mol. The van der Waals surface area contributed by atoms with E-state index in [4.69, 9.17) is 11.6 Å². The van der Waals surface area contributed by atoms with E-state index in [2.05, 4.69) is 4.72 Å². The van der Waals surface area contributed by atoms with Gasteiger partial charge in [-0.3, -0.25) is 14.1 Å². The van der Waals surface area contributed by atoms with Gasteiger partial charge in [0.25, 0.3) is 10.0 Å². The highest BCUT2D eigenvalue weighted by atomic mass is 35.5. The van der Waals surface area contributed by atoms with Crippen molar-refractivity contribution in [1.82, 2.24) is 4.57 Å². The molecule has 31 heavy (non-hydrogen) atoms. The number of fused-ring (bicyclic) bond motifs is 1. The highest BCUT2D eigenvalue weighted by Gasteiger charge is 2.19. The fourth-order valence-electron chi connectivity index (χ4n) is 3.67. The molecular formula is C23H21ClN2O3S2. The molecule has 0 amide bonds. The molecule has 0 atom stereocenters. The molecule has 0 fully saturated rings. The molecule has 0 aliphatic carbocycles. The molecule has 3 aromatic carbocycles. The molecule has 0 unspecified atom stereocenters. The summed E-state index contributed by atoms with van der Waals surface area (Å²) in [4.78, 5) is 12.6. The van der Waals surface area contributed by atoms with E-state index in [1.807, 2.05) is 45.0 Å². The minimum absolute atomic E-state index is 0.124. The SMILES string of the molecule is Cc1cc(C)c(NS(=O)(=O)c2ccc3c(c2)sc(=O)n3Cc2ccc(Cl)cc2)c(C)c1. The Morgan fingerprint density at radius 3 is 2.26 bits per heavy atom. The first-order valence-electron chi connectivity index (χ1n) is 9.62. The quantitative estimate of drug-likeness (QED) is 0.417. The monoisotopic (exact) mass is 472 g/mol. The molecule has 4 rings (SSSR count). The van der Waals surface area contributed by atoms with Crippen molar-refractivity contribution >= 4 is 48.9 Å². The van der Waals surface area contributed by atoms with Crippen LogP contribution in [0.5, 0.6) is 0 Å². The standard InChI is InChI=1S/C23H21ClN2O3S2/c1-14-10-15(2)22(16(3)11-14)25-31(28,29)19-8-9-20-21(12-19)30-23(27)26(20)13-17-4-6-18(24)7-5-17/h4-12,25H,13H2,1-3H3. The van der Waals surface area contributed by atoms with Gasteiger partial charge in [0.15, 0.2) is 0 Å². The number of rotatable bonds is 5. The molecule has 1 heterocycles. The predicted octanol–water partition coefficient (Wildman–Crippen LogP) is 5.49. The van der Waals surface area contributed by atoms with E-state index in [1.54, 1.807) is 28.8 Å². The minimum atomic E-state index is -3.80. The van der Waals surface area contributed by atoms with Crippen LogP contribution >= 0.6 is 22.9 Å². The van der Waals surface area contributed by atoms with E-state index in [0.29, 0.717) is 27.5 Å². The molecule has 0 bridgehead atoms. The highest BCUT2D eigenvalue weighted by Crippen LogP contribution is 2.27. The average molecular weight is 473 g/mol. The van der Waals surface area contributed by atoms with Crippen molar-refractivity contribution in [2.45, 2.75) is 32.2 Å². The lowest BCUT2D eigenvalue weighted by molar-refractivity contribution is 0.601. The third-order valence-electron chi connectivity index (χ3n) is 5.12. The largest absolute Gasteiger partial charge is 0.308 e. The summed E-state index contributed by atoms with van der Waals surface area (Å²) in [5.41, 5.74) is 5.02. The zero-order valence-corrected chi connectivity index (χ0v) is 19.7. The third kappa shape index (κ3) is 4.39. The van der Waals surface area contributed by atoms with Crippen molar-refractivity contribution in [3.8, 4) is 0 Å². The summed E-state index contributed by atoms with van der Waals surface area (Å²) in [5.74, 6) is 0. The fourth-order valence-corrected chi connectivity index (χ4v) is 6.03. The van der Waals surface area contributed by atoms with E-state index in [1.165, 1.54) is 6.07 Å². The lowest BCUT2D eigenvalue weighted by atomic mass is 10.1. The van der Waals surface area contributed by atoms with Crippen LogP contribution in [-0.2, 0) is 16.6 Å². The van der Waals surface area contributed by atoms with E-state index in [0.717, 1.165) is 33.6 Å². The van der Waals surface area contributed by atoms with E-state index in [-0.39, 0.29) is 9.77 Å². The van der Waals surface area contributed by atoms with Gasteiger partial charge in [0.05, 0.1) is 27.3 Å². The van der Waals surface area contributed by atoms with Crippen LogP contribution in [0.2, 0.25) is 5.02 Å². The van der Waals surface area contributed by atoms with Crippen molar-refractivity contribution in [1.29, 1.82) is 0 Å². The maximum atomic E-state index is 13.0. The zero-order valence-electron chi connectivity index (χ0n) is 17.3. The zero-order chi connectivity index (χ0) is 22.3. The molecule has 0 radical (unpaired) electrons. The summed E-state index contributed by atoms with van der Waals surface area (Å²) in [7, 11) is -3.80. The first-order valence-corrected chi connectivity index (χ1v) is 12.3. The van der Waals surface area contributed by atoms with Crippen molar-refractivity contribution < 1.29 is 8.42 Å². The van der Waals surface area contributed by atoms with Crippen LogP contribution in [0.15, 0.2) is 64.3 Å². The Morgan fingerprint density at radius 1 is 0.968 bits per heavy atom. The summed E-state index contributed by atoms with van der Waals surface area (Å²) in [6, 6.07) is 16.0. The van der Waals surface area contributed by atoms with Crippen molar-refractivity contribution in [2.75, 3.05) is 4.72 Å². The normalized spacial score (nSPS) is 11.7. The number of nitrogens with zero attached hydrogens (tertiary/aromatic N) is 1. The molecular weight excluding hydrogens is 452 g/mol. The minimum Gasteiger partial charge on any atom is -0.294 e. The Bertz CT molecular complexity index is 1430. The number of anilines is 1. The fraction of sp³-hybridized carbons (Fsp3) is 0.174. The van der Waals surface area contributed by atoms with E-state index >= 15 is 0 Å². The summed E-state index contributed by atoms with van der Waals surface area (Å²) in [6.45, 7) is 6.12. The molecule has 1 aromatic heterocycles. The van der Waals surface area contributed by atoms with Crippen molar-refractivity contribution in [3.63, 3.8) is 0 Å². The number of aryl methyl sites for hydroxylation is 3. The molecule has 0 aliphatic heterocycles. The summed E-state index contributed by atoms with van der Waals surface area (Å²) in [6.07, 6.45) is 0. The van der Waals surface area contributed by atoms with Crippen LogP contribution in [0, 0.1) is 20.8 Å². The van der Waals surface area contributed by atoms with Crippen LogP contribution in [0.4, 0.5) is 5.69 Å². The summed E-state index contributed by atoms with van der Waals surface area (Å²) >= 11 is 6.97. The van der Waals surface area contributed by atoms with Gasteiger partial charge in [-0.05, 0) is 67.8 Å². The lowest BCUT2D eigenvalue weighted by Crippen LogP contribution is -2.15. The Balaban J connectivity index is 1.70. The number of hydrogen-bond acceptors (Lipinski definition) is 4. The molecule has 0 saturated heterocycles. The van der Waals surface area contributed by atoms with Gasteiger partial charge in [-0.1, -0.05) is 52.8 Å². The van der Waals surface area contributed by atoms with Gasteiger partial charge >= 0.3 is 4.87 Å². The first-order chi connectivity index (χ1) is 14.6. The second-order valence-electron chi connectivity index (χ2n) is 7.59. The topological polar surface area (TPSA) is 68.2 Å².